The van der Waals surface area contributed by atoms with Crippen molar-refractivity contribution in [1.29, 1.82) is 0 Å². The Labute approximate surface area is 194 Å². The second-order valence-electron chi connectivity index (χ2n) is 8.57. The van der Waals surface area contributed by atoms with Crippen LogP contribution in [-0.4, -0.2) is 24.5 Å². The Morgan fingerprint density at radius 2 is 1.67 bits per heavy atom. The van der Waals surface area contributed by atoms with Gasteiger partial charge in [-0.1, -0.05) is 50.9 Å². The minimum Gasteiger partial charge on any atom is -0.273 e. The number of fused-ring (bicyclic) bond motifs is 1. The van der Waals surface area contributed by atoms with Crippen molar-refractivity contribution in [3.8, 4) is 16.9 Å². The minimum atomic E-state index is -0.684. The highest BCUT2D eigenvalue weighted by molar-refractivity contribution is 6.33. The van der Waals surface area contributed by atoms with Crippen molar-refractivity contribution < 1.29 is 4.39 Å². The second kappa shape index (κ2) is 8.51. The first-order chi connectivity index (χ1) is 15.6. The number of hydrogen-bond acceptors (Lipinski definition) is 5. The zero-order chi connectivity index (χ0) is 24.0. The summed E-state index contributed by atoms with van der Waals surface area (Å²) in [5, 5.41) is 0.199. The van der Waals surface area contributed by atoms with E-state index >= 15 is 0 Å². The van der Waals surface area contributed by atoms with Gasteiger partial charge < -0.3 is 0 Å². The third-order valence-corrected chi connectivity index (χ3v) is 5.70. The standard InChI is InChI=1S/C24H23ClFN5O2/c1-11(2)18-21(19(12(3)4)28-10-27-18)31-22-15(23(32)30-24(31)33)9-16(25)20(29-22)14-8-13(5)6-7-17(14)26/h6-12H,1-5H3,(H,30,32,33). The van der Waals surface area contributed by atoms with Gasteiger partial charge in [0.05, 0.1) is 33.2 Å². The van der Waals surface area contributed by atoms with Crippen LogP contribution in [0.2, 0.25) is 5.02 Å². The van der Waals surface area contributed by atoms with E-state index in [9.17, 15) is 14.0 Å². The monoisotopic (exact) mass is 467 g/mol. The van der Waals surface area contributed by atoms with Gasteiger partial charge in [0, 0.05) is 5.56 Å². The van der Waals surface area contributed by atoms with E-state index in [1.54, 1.807) is 12.1 Å². The number of pyridine rings is 1. The van der Waals surface area contributed by atoms with Gasteiger partial charge in [-0.05, 0) is 37.0 Å². The van der Waals surface area contributed by atoms with Crippen molar-refractivity contribution in [2.24, 2.45) is 0 Å². The average molecular weight is 468 g/mol. The summed E-state index contributed by atoms with van der Waals surface area (Å²) in [7, 11) is 0. The molecule has 0 spiro atoms. The molecule has 3 aromatic heterocycles. The van der Waals surface area contributed by atoms with Crippen LogP contribution in [0.5, 0.6) is 0 Å². The summed E-state index contributed by atoms with van der Waals surface area (Å²) in [5.41, 5.74) is 1.59. The fourth-order valence-electron chi connectivity index (χ4n) is 3.83. The van der Waals surface area contributed by atoms with Crippen molar-refractivity contribution in [2.75, 3.05) is 0 Å². The van der Waals surface area contributed by atoms with Crippen molar-refractivity contribution in [3.05, 3.63) is 79.2 Å². The Morgan fingerprint density at radius 3 is 2.27 bits per heavy atom. The predicted molar refractivity (Wildman–Crippen MR) is 127 cm³/mol. The highest BCUT2D eigenvalue weighted by Gasteiger charge is 2.24. The van der Waals surface area contributed by atoms with Crippen LogP contribution in [0.4, 0.5) is 4.39 Å². The molecular formula is C24H23ClFN5O2. The molecule has 4 rings (SSSR count). The van der Waals surface area contributed by atoms with Crippen molar-refractivity contribution >= 4 is 22.6 Å². The number of rotatable bonds is 4. The molecule has 0 bridgehead atoms. The van der Waals surface area contributed by atoms with Gasteiger partial charge in [0.25, 0.3) is 5.56 Å². The van der Waals surface area contributed by atoms with E-state index in [2.05, 4.69) is 19.9 Å². The smallest absolute Gasteiger partial charge is 0.273 e. The van der Waals surface area contributed by atoms with Crippen LogP contribution in [0, 0.1) is 12.7 Å². The zero-order valence-corrected chi connectivity index (χ0v) is 19.7. The summed E-state index contributed by atoms with van der Waals surface area (Å²) in [6.45, 7) is 9.63. The first-order valence-corrected chi connectivity index (χ1v) is 10.9. The molecule has 0 unspecified atom stereocenters. The molecule has 3 heterocycles. The maximum absolute atomic E-state index is 14.7. The maximum Gasteiger partial charge on any atom is 0.334 e. The second-order valence-corrected chi connectivity index (χ2v) is 8.98. The molecule has 0 atom stereocenters. The molecule has 0 radical (unpaired) electrons. The van der Waals surface area contributed by atoms with Gasteiger partial charge in [0.2, 0.25) is 0 Å². The molecule has 0 saturated heterocycles. The molecule has 33 heavy (non-hydrogen) atoms. The highest BCUT2D eigenvalue weighted by atomic mass is 35.5. The average Bonchev–Trinajstić information content (AvgIpc) is 2.75. The van der Waals surface area contributed by atoms with E-state index in [1.807, 2.05) is 34.6 Å². The summed E-state index contributed by atoms with van der Waals surface area (Å²) < 4.78 is 16.0. The van der Waals surface area contributed by atoms with Gasteiger partial charge in [-0.3, -0.25) is 9.78 Å². The van der Waals surface area contributed by atoms with Gasteiger partial charge >= 0.3 is 5.69 Å². The molecule has 1 aromatic carbocycles. The molecule has 7 nitrogen and oxygen atoms in total. The van der Waals surface area contributed by atoms with Crippen molar-refractivity contribution in [2.45, 2.75) is 46.5 Å². The Morgan fingerprint density at radius 1 is 1.03 bits per heavy atom. The van der Waals surface area contributed by atoms with Gasteiger partial charge in [0.1, 0.15) is 12.1 Å². The van der Waals surface area contributed by atoms with Crippen LogP contribution in [-0.2, 0) is 0 Å². The quantitative estimate of drug-likeness (QED) is 0.461. The molecule has 0 aliphatic rings. The number of nitrogens with zero attached hydrogens (tertiary/aromatic N) is 4. The Balaban J connectivity index is 2.20. The number of benzene rings is 1. The van der Waals surface area contributed by atoms with E-state index in [1.165, 1.54) is 23.0 Å². The van der Waals surface area contributed by atoms with Crippen LogP contribution in [0.15, 0.2) is 40.2 Å². The Kier molecular flexibility index (Phi) is 5.88. The van der Waals surface area contributed by atoms with Gasteiger partial charge in [-0.2, -0.15) is 0 Å². The fraction of sp³-hybridized carbons (Fsp3) is 0.292. The van der Waals surface area contributed by atoms with Crippen LogP contribution in [0.25, 0.3) is 28.0 Å². The van der Waals surface area contributed by atoms with E-state index in [0.717, 1.165) is 5.56 Å². The zero-order valence-electron chi connectivity index (χ0n) is 18.9. The summed E-state index contributed by atoms with van der Waals surface area (Å²) in [5.74, 6) is -0.604. The number of nitrogens with one attached hydrogen (secondary N) is 1. The van der Waals surface area contributed by atoms with E-state index < -0.39 is 17.1 Å². The molecule has 0 aliphatic heterocycles. The summed E-state index contributed by atoms with van der Waals surface area (Å²) >= 11 is 6.44. The summed E-state index contributed by atoms with van der Waals surface area (Å²) in [6, 6.07) is 6.00. The SMILES string of the molecule is Cc1ccc(F)c(-c2nc3c(cc2Cl)c(=O)[nH]c(=O)n3-c2c(C(C)C)ncnc2C(C)C)c1. The van der Waals surface area contributed by atoms with Gasteiger partial charge in [-0.25, -0.2) is 28.7 Å². The van der Waals surface area contributed by atoms with E-state index in [0.29, 0.717) is 17.1 Å². The molecule has 4 aromatic rings. The topological polar surface area (TPSA) is 93.5 Å². The number of aromatic nitrogens is 5. The maximum atomic E-state index is 14.7. The van der Waals surface area contributed by atoms with Crippen LogP contribution >= 0.6 is 11.6 Å². The van der Waals surface area contributed by atoms with Crippen LogP contribution in [0.3, 0.4) is 0 Å². The molecule has 0 aliphatic carbocycles. The lowest BCUT2D eigenvalue weighted by Crippen LogP contribution is -2.32. The van der Waals surface area contributed by atoms with Crippen LogP contribution < -0.4 is 11.2 Å². The molecule has 170 valence electrons. The number of halogens is 2. The third kappa shape index (κ3) is 3.95. The fourth-order valence-corrected chi connectivity index (χ4v) is 4.08. The molecular weight excluding hydrogens is 445 g/mol. The molecule has 1 N–H and O–H groups in total. The van der Waals surface area contributed by atoms with E-state index in [-0.39, 0.29) is 39.1 Å². The Bertz CT molecular complexity index is 1480. The van der Waals surface area contributed by atoms with E-state index in [4.69, 9.17) is 11.6 Å². The predicted octanol–water partition coefficient (Wildman–Crippen LogP) is 4.88. The lowest BCUT2D eigenvalue weighted by atomic mass is 10.0. The molecule has 0 fully saturated rings. The lowest BCUT2D eigenvalue weighted by molar-refractivity contribution is 0.630. The first kappa shape index (κ1) is 22.8. The number of aryl methyl sites for hydroxylation is 1. The summed E-state index contributed by atoms with van der Waals surface area (Å²) in [6.07, 6.45) is 1.46. The third-order valence-electron chi connectivity index (χ3n) is 5.41. The molecule has 9 heteroatoms. The van der Waals surface area contributed by atoms with Gasteiger partial charge in [0.15, 0.2) is 5.65 Å². The molecule has 0 amide bonds. The number of aromatic amines is 1. The summed E-state index contributed by atoms with van der Waals surface area (Å²) in [4.78, 5) is 41.6. The number of hydrogen-bond donors (Lipinski definition) is 1. The minimum absolute atomic E-state index is 0.0460. The highest BCUT2D eigenvalue weighted by Crippen LogP contribution is 2.33. The van der Waals surface area contributed by atoms with Crippen molar-refractivity contribution in [3.63, 3.8) is 0 Å². The number of H-pyrrole nitrogens is 1. The largest absolute Gasteiger partial charge is 0.334 e. The van der Waals surface area contributed by atoms with Crippen molar-refractivity contribution in [1.82, 2.24) is 24.5 Å². The first-order valence-electron chi connectivity index (χ1n) is 10.6. The normalized spacial score (nSPS) is 11.7. The Hall–Kier alpha value is -3.39. The molecule has 0 saturated carbocycles. The van der Waals surface area contributed by atoms with Crippen LogP contribution in [0.1, 0.15) is 56.5 Å². The lowest BCUT2D eigenvalue weighted by Gasteiger charge is -2.20. The van der Waals surface area contributed by atoms with Gasteiger partial charge in [-0.15, -0.1) is 0 Å².